The Balaban J connectivity index is 2.53. The fourth-order valence-electron chi connectivity index (χ4n) is 2.00. The monoisotopic (exact) mass is 237 g/mol. The number of likely N-dealkylation sites (N-methyl/N-ethyl adjacent to an activating group) is 1. The Labute approximate surface area is 100 Å². The highest BCUT2D eigenvalue weighted by molar-refractivity contribution is 6.35. The Bertz CT molecular complexity index is 516. The molecule has 0 atom stereocenters. The van der Waals surface area contributed by atoms with Crippen molar-refractivity contribution in [1.82, 2.24) is 15.1 Å². The molecule has 86 valence electrons. The molecule has 4 heteroatoms. The number of halogens is 1. The normalized spacial score (nSPS) is 11.2. The second-order valence-electron chi connectivity index (χ2n) is 4.04. The van der Waals surface area contributed by atoms with Crippen LogP contribution in [0.3, 0.4) is 0 Å². The smallest absolute Gasteiger partial charge is 0.0868 e. The molecule has 0 saturated heterocycles. The first-order valence-electron chi connectivity index (χ1n) is 5.40. The average Bonchev–Trinajstić information content (AvgIpc) is 2.52. The molecule has 0 unspecified atom stereocenters. The summed E-state index contributed by atoms with van der Waals surface area (Å²) in [6, 6.07) is 4.21. The van der Waals surface area contributed by atoms with Gasteiger partial charge in [0, 0.05) is 12.4 Å². The van der Waals surface area contributed by atoms with Gasteiger partial charge in [-0.1, -0.05) is 11.6 Å². The van der Waals surface area contributed by atoms with Crippen LogP contribution in [0.2, 0.25) is 5.02 Å². The predicted molar refractivity (Wildman–Crippen MR) is 68.1 cm³/mol. The van der Waals surface area contributed by atoms with E-state index < -0.39 is 0 Å². The van der Waals surface area contributed by atoms with Crippen molar-refractivity contribution in [2.24, 2.45) is 7.05 Å². The van der Waals surface area contributed by atoms with Crippen LogP contribution in [0, 0.1) is 6.92 Å². The van der Waals surface area contributed by atoms with Crippen molar-refractivity contribution in [2.75, 3.05) is 13.6 Å². The van der Waals surface area contributed by atoms with Gasteiger partial charge in [-0.05, 0) is 44.6 Å². The SMILES string of the molecule is CNCCc1cc(Cl)c2c(c1)c(C)nn2C. The van der Waals surface area contributed by atoms with Crippen LogP contribution in [-0.4, -0.2) is 23.4 Å². The molecule has 0 aliphatic heterocycles. The molecule has 0 bridgehead atoms. The number of nitrogens with zero attached hydrogens (tertiary/aromatic N) is 2. The molecular weight excluding hydrogens is 222 g/mol. The predicted octanol–water partition coefficient (Wildman–Crippen LogP) is 2.30. The van der Waals surface area contributed by atoms with Crippen LogP contribution < -0.4 is 5.32 Å². The number of hydrogen-bond donors (Lipinski definition) is 1. The van der Waals surface area contributed by atoms with Gasteiger partial charge in [-0.3, -0.25) is 4.68 Å². The largest absolute Gasteiger partial charge is 0.319 e. The van der Waals surface area contributed by atoms with E-state index in [9.17, 15) is 0 Å². The van der Waals surface area contributed by atoms with Crippen LogP contribution >= 0.6 is 11.6 Å². The molecule has 1 N–H and O–H groups in total. The van der Waals surface area contributed by atoms with E-state index in [1.165, 1.54) is 5.56 Å². The molecule has 0 saturated carbocycles. The van der Waals surface area contributed by atoms with E-state index in [0.717, 1.165) is 34.6 Å². The molecule has 0 aliphatic carbocycles. The van der Waals surface area contributed by atoms with Crippen molar-refractivity contribution < 1.29 is 0 Å². The lowest BCUT2D eigenvalue weighted by atomic mass is 10.1. The summed E-state index contributed by atoms with van der Waals surface area (Å²) in [4.78, 5) is 0. The second-order valence-corrected chi connectivity index (χ2v) is 4.44. The molecule has 16 heavy (non-hydrogen) atoms. The molecule has 0 radical (unpaired) electrons. The van der Waals surface area contributed by atoms with Gasteiger partial charge in [-0.15, -0.1) is 0 Å². The number of fused-ring (bicyclic) bond motifs is 1. The number of benzene rings is 1. The Morgan fingerprint density at radius 2 is 2.19 bits per heavy atom. The third-order valence-electron chi connectivity index (χ3n) is 2.80. The number of aromatic nitrogens is 2. The van der Waals surface area contributed by atoms with Gasteiger partial charge >= 0.3 is 0 Å². The number of nitrogens with one attached hydrogen (secondary N) is 1. The lowest BCUT2D eigenvalue weighted by Gasteiger charge is -2.04. The first-order valence-corrected chi connectivity index (χ1v) is 5.77. The van der Waals surface area contributed by atoms with Crippen molar-refractivity contribution in [3.63, 3.8) is 0 Å². The van der Waals surface area contributed by atoms with E-state index in [2.05, 4.69) is 16.5 Å². The van der Waals surface area contributed by atoms with E-state index in [0.29, 0.717) is 0 Å². The van der Waals surface area contributed by atoms with Crippen molar-refractivity contribution in [3.05, 3.63) is 28.4 Å². The van der Waals surface area contributed by atoms with Crippen molar-refractivity contribution >= 4 is 22.5 Å². The summed E-state index contributed by atoms with van der Waals surface area (Å²) in [5, 5.41) is 9.47. The molecule has 0 aliphatic rings. The van der Waals surface area contributed by atoms with Crippen LogP contribution in [0.4, 0.5) is 0 Å². The zero-order chi connectivity index (χ0) is 11.7. The lowest BCUT2D eigenvalue weighted by Crippen LogP contribution is -2.10. The van der Waals surface area contributed by atoms with Crippen LogP contribution in [0.5, 0.6) is 0 Å². The van der Waals surface area contributed by atoms with Crippen LogP contribution in [0.1, 0.15) is 11.3 Å². The first-order chi connectivity index (χ1) is 7.63. The fraction of sp³-hybridized carbons (Fsp3) is 0.417. The highest BCUT2D eigenvalue weighted by Gasteiger charge is 2.10. The summed E-state index contributed by atoms with van der Waals surface area (Å²) < 4.78 is 1.84. The van der Waals surface area contributed by atoms with Crippen LogP contribution in [0.15, 0.2) is 12.1 Å². The van der Waals surface area contributed by atoms with Crippen molar-refractivity contribution in [3.8, 4) is 0 Å². The maximum atomic E-state index is 6.28. The standard InChI is InChI=1S/C12H16ClN3/c1-8-10-6-9(4-5-14-2)7-11(13)12(10)16(3)15-8/h6-7,14H,4-5H2,1-3H3. The van der Waals surface area contributed by atoms with E-state index >= 15 is 0 Å². The maximum absolute atomic E-state index is 6.28. The third kappa shape index (κ3) is 1.93. The minimum absolute atomic E-state index is 0.784. The quantitative estimate of drug-likeness (QED) is 0.888. The first kappa shape index (κ1) is 11.4. The van der Waals surface area contributed by atoms with Crippen LogP contribution in [-0.2, 0) is 13.5 Å². The van der Waals surface area contributed by atoms with Crippen LogP contribution in [0.25, 0.3) is 10.9 Å². The summed E-state index contributed by atoms with van der Waals surface area (Å²) in [6.45, 7) is 2.97. The van der Waals surface area contributed by atoms with Gasteiger partial charge < -0.3 is 5.32 Å². The fourth-order valence-corrected chi connectivity index (χ4v) is 2.37. The molecule has 2 rings (SSSR count). The van der Waals surface area contributed by atoms with Gasteiger partial charge in [0.05, 0.1) is 16.2 Å². The topological polar surface area (TPSA) is 29.9 Å². The summed E-state index contributed by atoms with van der Waals surface area (Å²) in [5.74, 6) is 0. The van der Waals surface area contributed by atoms with Gasteiger partial charge in [0.25, 0.3) is 0 Å². The van der Waals surface area contributed by atoms with Crippen molar-refractivity contribution in [1.29, 1.82) is 0 Å². The van der Waals surface area contributed by atoms with E-state index in [4.69, 9.17) is 11.6 Å². The Hall–Kier alpha value is -1.06. The number of rotatable bonds is 3. The summed E-state index contributed by atoms with van der Waals surface area (Å²) in [7, 11) is 3.88. The molecule has 3 nitrogen and oxygen atoms in total. The van der Waals surface area contributed by atoms with Gasteiger partial charge in [0.1, 0.15) is 0 Å². The Morgan fingerprint density at radius 1 is 1.44 bits per heavy atom. The average molecular weight is 238 g/mol. The van der Waals surface area contributed by atoms with Gasteiger partial charge in [0.2, 0.25) is 0 Å². The van der Waals surface area contributed by atoms with Gasteiger partial charge in [-0.25, -0.2) is 0 Å². The summed E-state index contributed by atoms with van der Waals surface area (Å²) in [6.07, 6.45) is 0.987. The maximum Gasteiger partial charge on any atom is 0.0868 e. The number of aryl methyl sites for hydroxylation is 2. The molecule has 1 aromatic heterocycles. The molecule has 1 aromatic carbocycles. The minimum Gasteiger partial charge on any atom is -0.319 e. The molecule has 0 fully saturated rings. The molecule has 2 aromatic rings. The highest BCUT2D eigenvalue weighted by Crippen LogP contribution is 2.27. The molecule has 0 amide bonds. The van der Waals surface area contributed by atoms with Crippen molar-refractivity contribution in [2.45, 2.75) is 13.3 Å². The third-order valence-corrected chi connectivity index (χ3v) is 3.09. The van der Waals surface area contributed by atoms with E-state index in [-0.39, 0.29) is 0 Å². The Morgan fingerprint density at radius 3 is 2.88 bits per heavy atom. The zero-order valence-corrected chi connectivity index (χ0v) is 10.6. The Kier molecular flexibility index (Phi) is 3.17. The molecule has 1 heterocycles. The van der Waals surface area contributed by atoms with E-state index in [1.807, 2.05) is 31.8 Å². The summed E-state index contributed by atoms with van der Waals surface area (Å²) in [5.41, 5.74) is 3.31. The second kappa shape index (κ2) is 4.44. The van der Waals surface area contributed by atoms with Gasteiger partial charge in [0.15, 0.2) is 0 Å². The van der Waals surface area contributed by atoms with Gasteiger partial charge in [-0.2, -0.15) is 5.10 Å². The highest BCUT2D eigenvalue weighted by atomic mass is 35.5. The minimum atomic E-state index is 0.784. The molecular formula is C12H16ClN3. The van der Waals surface area contributed by atoms with E-state index in [1.54, 1.807) is 0 Å². The number of hydrogen-bond acceptors (Lipinski definition) is 2. The lowest BCUT2D eigenvalue weighted by molar-refractivity contribution is 0.782. The summed E-state index contributed by atoms with van der Waals surface area (Å²) >= 11 is 6.28. The molecule has 0 spiro atoms. The zero-order valence-electron chi connectivity index (χ0n) is 9.84.